The van der Waals surface area contributed by atoms with Gasteiger partial charge >= 0.3 is 6.08 Å². The lowest BCUT2D eigenvalue weighted by molar-refractivity contribution is -0.106. The molecule has 1 aromatic carbocycles. The number of carbonyl (C=O) groups excluding carboxylic acids is 1. The van der Waals surface area contributed by atoms with Gasteiger partial charge < -0.3 is 19.4 Å². The van der Waals surface area contributed by atoms with E-state index in [0.29, 0.717) is 11.8 Å². The number of carbonyl (C=O) groups is 1. The van der Waals surface area contributed by atoms with Gasteiger partial charge in [-0.15, -0.1) is 0 Å². The number of aromatic nitrogens is 1. The fraction of sp³-hybridized carbons (Fsp3) is 0.474. The Morgan fingerprint density at radius 1 is 1.16 bits per heavy atom. The molecular formula is C19H21N3O3. The summed E-state index contributed by atoms with van der Waals surface area (Å²) in [7, 11) is 0. The Labute approximate surface area is 146 Å². The Bertz CT molecular complexity index is 745. The molecule has 1 saturated carbocycles. The van der Waals surface area contributed by atoms with Gasteiger partial charge in [0.1, 0.15) is 12.4 Å². The van der Waals surface area contributed by atoms with Crippen molar-refractivity contribution >= 4 is 11.6 Å². The molecule has 2 atom stereocenters. The highest BCUT2D eigenvalue weighted by molar-refractivity contribution is 6.02. The average Bonchev–Trinajstić information content (AvgIpc) is 3.07. The number of nitrogens with zero attached hydrogens (tertiary/aromatic N) is 2. The van der Waals surface area contributed by atoms with E-state index >= 15 is 0 Å². The minimum Gasteiger partial charge on any atom is -0.446 e. The van der Waals surface area contributed by atoms with Crippen LogP contribution in [0, 0.1) is 17.8 Å². The van der Waals surface area contributed by atoms with Crippen molar-refractivity contribution < 1.29 is 13.9 Å². The van der Waals surface area contributed by atoms with E-state index in [4.69, 9.17) is 9.15 Å². The molecule has 130 valence electrons. The molecule has 6 rings (SSSR count). The molecule has 6 heteroatoms. The smallest absolute Gasteiger partial charge is 0.394 e. The van der Waals surface area contributed by atoms with Gasteiger partial charge in [0.2, 0.25) is 0 Å². The molecule has 1 N–H and O–H groups in total. The fourth-order valence-electron chi connectivity index (χ4n) is 4.80. The van der Waals surface area contributed by atoms with Gasteiger partial charge in [-0.05, 0) is 30.9 Å². The second-order valence-electron chi connectivity index (χ2n) is 7.48. The molecule has 2 unspecified atom stereocenters. The van der Waals surface area contributed by atoms with Crippen LogP contribution >= 0.6 is 0 Å². The molecule has 4 heterocycles. The van der Waals surface area contributed by atoms with Gasteiger partial charge in [0.25, 0.3) is 5.91 Å². The number of oxazole rings is 1. The van der Waals surface area contributed by atoms with Crippen LogP contribution in [0.5, 0.6) is 6.08 Å². The minimum atomic E-state index is -0.291. The molecular weight excluding hydrogens is 318 g/mol. The molecule has 25 heavy (non-hydrogen) atoms. The molecule has 4 bridgehead atoms. The molecule has 4 aliphatic rings. The molecule has 0 radical (unpaired) electrons. The maximum absolute atomic E-state index is 12.3. The lowest BCUT2D eigenvalue weighted by Crippen LogP contribution is -2.61. The second-order valence-corrected chi connectivity index (χ2v) is 7.48. The fourth-order valence-corrected chi connectivity index (χ4v) is 4.80. The van der Waals surface area contributed by atoms with Crippen LogP contribution in [0.4, 0.5) is 5.69 Å². The third kappa shape index (κ3) is 2.80. The Morgan fingerprint density at radius 3 is 2.64 bits per heavy atom. The van der Waals surface area contributed by atoms with Crippen molar-refractivity contribution in [3.63, 3.8) is 0 Å². The van der Waals surface area contributed by atoms with Crippen molar-refractivity contribution in [2.45, 2.75) is 18.9 Å². The lowest BCUT2D eigenvalue weighted by atomic mass is 9.66. The standard InChI is InChI=1S/C19H21N3O3/c23-18(20-15-4-2-1-3-5-15)16-11-24-19(21-16)25-17-13-6-12-7-14(17)10-22(8-12)9-13/h1-5,11-14,17H,6-10H2,(H,20,23). The van der Waals surface area contributed by atoms with Gasteiger partial charge in [-0.25, -0.2) is 0 Å². The minimum absolute atomic E-state index is 0.163. The summed E-state index contributed by atoms with van der Waals surface area (Å²) in [5.74, 6) is 1.65. The van der Waals surface area contributed by atoms with Gasteiger partial charge in [-0.1, -0.05) is 18.2 Å². The summed E-state index contributed by atoms with van der Waals surface area (Å²) in [5.41, 5.74) is 0.972. The van der Waals surface area contributed by atoms with E-state index in [2.05, 4.69) is 15.2 Å². The molecule has 1 aromatic heterocycles. The third-order valence-corrected chi connectivity index (χ3v) is 5.69. The number of piperidine rings is 3. The maximum Gasteiger partial charge on any atom is 0.394 e. The van der Waals surface area contributed by atoms with Crippen molar-refractivity contribution in [1.82, 2.24) is 9.88 Å². The molecule has 1 aliphatic carbocycles. The topological polar surface area (TPSA) is 67.6 Å². The van der Waals surface area contributed by atoms with E-state index in [-0.39, 0.29) is 23.8 Å². The maximum atomic E-state index is 12.3. The van der Waals surface area contributed by atoms with Crippen molar-refractivity contribution in [3.8, 4) is 6.08 Å². The predicted molar refractivity (Wildman–Crippen MR) is 91.5 cm³/mol. The molecule has 2 aromatic rings. The first-order valence-corrected chi connectivity index (χ1v) is 8.95. The second kappa shape index (κ2) is 5.88. The summed E-state index contributed by atoms with van der Waals surface area (Å²) in [5, 5.41) is 2.80. The van der Waals surface area contributed by atoms with Crippen LogP contribution < -0.4 is 10.1 Å². The molecule has 4 fully saturated rings. The summed E-state index contributed by atoms with van der Waals surface area (Å²) in [6.45, 7) is 3.47. The highest BCUT2D eigenvalue weighted by atomic mass is 16.6. The number of hydrogen-bond donors (Lipinski definition) is 1. The largest absolute Gasteiger partial charge is 0.446 e. The van der Waals surface area contributed by atoms with Crippen molar-refractivity contribution in [2.75, 3.05) is 25.0 Å². The van der Waals surface area contributed by atoms with E-state index < -0.39 is 0 Å². The Morgan fingerprint density at radius 2 is 1.92 bits per heavy atom. The van der Waals surface area contributed by atoms with Crippen LogP contribution in [0.2, 0.25) is 0 Å². The summed E-state index contributed by atoms with van der Waals surface area (Å²) in [6, 6.07) is 9.31. The van der Waals surface area contributed by atoms with E-state index in [9.17, 15) is 4.79 Å². The van der Waals surface area contributed by atoms with Gasteiger partial charge in [-0.3, -0.25) is 4.79 Å². The SMILES string of the molecule is O=C(Nc1ccccc1)c1coc(OC2C3CC4CC2CN(C4)C3)n1. The lowest BCUT2D eigenvalue weighted by Gasteiger charge is -2.54. The van der Waals surface area contributed by atoms with E-state index in [1.165, 1.54) is 25.6 Å². The van der Waals surface area contributed by atoms with Crippen LogP contribution in [-0.2, 0) is 0 Å². The van der Waals surface area contributed by atoms with Crippen LogP contribution in [0.15, 0.2) is 41.0 Å². The first kappa shape index (κ1) is 15.0. The first-order chi connectivity index (χ1) is 12.2. The molecule has 6 nitrogen and oxygen atoms in total. The monoisotopic (exact) mass is 339 g/mol. The molecule has 3 aliphatic heterocycles. The third-order valence-electron chi connectivity index (χ3n) is 5.69. The number of rotatable bonds is 4. The van der Waals surface area contributed by atoms with Crippen molar-refractivity contribution in [2.24, 2.45) is 17.8 Å². The molecule has 0 spiro atoms. The summed E-state index contributed by atoms with van der Waals surface area (Å²) < 4.78 is 11.5. The normalized spacial score (nSPS) is 32.6. The number of nitrogens with one attached hydrogen (secondary N) is 1. The number of para-hydroxylation sites is 1. The van der Waals surface area contributed by atoms with E-state index in [0.717, 1.165) is 24.7 Å². The molecule has 3 saturated heterocycles. The Hall–Kier alpha value is -2.34. The van der Waals surface area contributed by atoms with Gasteiger partial charge in [0, 0.05) is 37.2 Å². The van der Waals surface area contributed by atoms with E-state index in [1.54, 1.807) is 0 Å². The highest BCUT2D eigenvalue weighted by Crippen LogP contribution is 2.44. The zero-order valence-corrected chi connectivity index (χ0v) is 13.9. The summed E-state index contributed by atoms with van der Waals surface area (Å²) in [4.78, 5) is 19.1. The average molecular weight is 339 g/mol. The quantitative estimate of drug-likeness (QED) is 0.927. The number of anilines is 1. The zero-order valence-electron chi connectivity index (χ0n) is 13.9. The highest BCUT2D eigenvalue weighted by Gasteiger charge is 2.49. The Kier molecular flexibility index (Phi) is 3.52. The van der Waals surface area contributed by atoms with Crippen LogP contribution in [-0.4, -0.2) is 41.5 Å². The number of amides is 1. The summed E-state index contributed by atoms with van der Waals surface area (Å²) in [6.07, 6.45) is 4.22. The molecule has 1 amide bonds. The van der Waals surface area contributed by atoms with Gasteiger partial charge in [-0.2, -0.15) is 4.98 Å². The number of ether oxygens (including phenoxy) is 1. The number of hydrogen-bond acceptors (Lipinski definition) is 5. The van der Waals surface area contributed by atoms with E-state index in [1.807, 2.05) is 30.3 Å². The summed E-state index contributed by atoms with van der Waals surface area (Å²) >= 11 is 0. The van der Waals surface area contributed by atoms with Crippen LogP contribution in [0.3, 0.4) is 0 Å². The Balaban J connectivity index is 1.26. The van der Waals surface area contributed by atoms with Crippen LogP contribution in [0.25, 0.3) is 0 Å². The van der Waals surface area contributed by atoms with Crippen molar-refractivity contribution in [3.05, 3.63) is 42.3 Å². The van der Waals surface area contributed by atoms with Crippen LogP contribution in [0.1, 0.15) is 23.3 Å². The first-order valence-electron chi connectivity index (χ1n) is 8.95. The number of benzene rings is 1. The van der Waals surface area contributed by atoms with Gasteiger partial charge in [0.15, 0.2) is 5.69 Å². The predicted octanol–water partition coefficient (Wildman–Crippen LogP) is 2.65. The van der Waals surface area contributed by atoms with Gasteiger partial charge in [0.05, 0.1) is 0 Å². The zero-order chi connectivity index (χ0) is 16.8. The van der Waals surface area contributed by atoms with Crippen molar-refractivity contribution in [1.29, 1.82) is 0 Å².